The highest BCUT2D eigenvalue weighted by Gasteiger charge is 2.08. The molecule has 72 valence electrons. The second-order valence-electron chi connectivity index (χ2n) is 4.02. The molecule has 2 nitrogen and oxygen atoms in total. The number of aliphatic imine (C=N–C) groups is 1. The summed E-state index contributed by atoms with van der Waals surface area (Å²) in [7, 11) is 0. The highest BCUT2D eigenvalue weighted by Crippen LogP contribution is 2.09. The summed E-state index contributed by atoms with van der Waals surface area (Å²) in [6.45, 7) is 6.25. The molecule has 0 spiro atoms. The molecule has 0 bridgehead atoms. The van der Waals surface area contributed by atoms with Crippen LogP contribution in [0, 0.1) is 0 Å². The van der Waals surface area contributed by atoms with Crippen LogP contribution in [0.25, 0.3) is 0 Å². The van der Waals surface area contributed by atoms with Gasteiger partial charge in [0.15, 0.2) is 0 Å². The standard InChI is InChI=1S/C10H15BrN2/c1-10(2,3)12-7-8-5-4-6-9(11)13-8/h4-8,13H,1-3H3. The molecule has 1 aliphatic heterocycles. The lowest BCUT2D eigenvalue weighted by atomic mass is 10.1. The number of nitrogens with one attached hydrogen (secondary N) is 1. The predicted molar refractivity (Wildman–Crippen MR) is 61.3 cm³/mol. The molecule has 13 heavy (non-hydrogen) atoms. The number of dihydropyridines is 1. The zero-order valence-corrected chi connectivity index (χ0v) is 9.80. The number of rotatable bonds is 1. The van der Waals surface area contributed by atoms with Gasteiger partial charge >= 0.3 is 0 Å². The first kappa shape index (κ1) is 10.5. The maximum atomic E-state index is 4.43. The van der Waals surface area contributed by atoms with E-state index in [4.69, 9.17) is 0 Å². The molecule has 1 heterocycles. The van der Waals surface area contributed by atoms with Crippen LogP contribution in [0.1, 0.15) is 20.8 Å². The van der Waals surface area contributed by atoms with Gasteiger partial charge in [-0.15, -0.1) is 0 Å². The average Bonchev–Trinajstić information content (AvgIpc) is 2.00. The highest BCUT2D eigenvalue weighted by molar-refractivity contribution is 9.11. The Morgan fingerprint density at radius 1 is 1.54 bits per heavy atom. The second kappa shape index (κ2) is 4.09. The van der Waals surface area contributed by atoms with Crippen LogP contribution < -0.4 is 5.32 Å². The highest BCUT2D eigenvalue weighted by atomic mass is 79.9. The third-order valence-electron chi connectivity index (χ3n) is 1.49. The van der Waals surface area contributed by atoms with E-state index in [1.54, 1.807) is 0 Å². The topological polar surface area (TPSA) is 24.4 Å². The Bertz CT molecular complexity index is 259. The van der Waals surface area contributed by atoms with Gasteiger partial charge in [0.25, 0.3) is 0 Å². The Kier molecular flexibility index (Phi) is 3.31. The number of hydrogen-bond acceptors (Lipinski definition) is 2. The Morgan fingerprint density at radius 2 is 2.23 bits per heavy atom. The fraction of sp³-hybridized carbons (Fsp3) is 0.500. The summed E-state index contributed by atoms with van der Waals surface area (Å²) >= 11 is 3.39. The summed E-state index contributed by atoms with van der Waals surface area (Å²) in [5, 5.41) is 3.23. The SMILES string of the molecule is CC(C)(C)N=CC1C=CC=C(Br)N1. The molecule has 3 heteroatoms. The van der Waals surface area contributed by atoms with E-state index in [2.05, 4.69) is 53.1 Å². The van der Waals surface area contributed by atoms with Crippen molar-refractivity contribution in [3.8, 4) is 0 Å². The van der Waals surface area contributed by atoms with Crippen LogP contribution in [0.4, 0.5) is 0 Å². The molecule has 1 atom stereocenters. The summed E-state index contributed by atoms with van der Waals surface area (Å²) < 4.78 is 1.00. The molecular formula is C10H15BrN2. The minimum absolute atomic E-state index is 0.00313. The van der Waals surface area contributed by atoms with Crippen LogP contribution >= 0.6 is 15.9 Å². The van der Waals surface area contributed by atoms with Crippen molar-refractivity contribution >= 4 is 22.1 Å². The van der Waals surface area contributed by atoms with Gasteiger partial charge in [-0.05, 0) is 42.8 Å². The second-order valence-corrected chi connectivity index (χ2v) is 4.87. The van der Waals surface area contributed by atoms with Crippen molar-refractivity contribution in [1.29, 1.82) is 0 Å². The van der Waals surface area contributed by atoms with Gasteiger partial charge in [-0.1, -0.05) is 12.2 Å². The molecule has 0 fully saturated rings. The smallest absolute Gasteiger partial charge is 0.0803 e. The van der Waals surface area contributed by atoms with Gasteiger partial charge in [0.1, 0.15) is 0 Å². The fourth-order valence-electron chi connectivity index (χ4n) is 0.906. The van der Waals surface area contributed by atoms with Crippen LogP contribution in [0.3, 0.4) is 0 Å². The van der Waals surface area contributed by atoms with E-state index >= 15 is 0 Å². The first-order chi connectivity index (χ1) is 5.97. The van der Waals surface area contributed by atoms with Gasteiger partial charge in [0.2, 0.25) is 0 Å². The van der Waals surface area contributed by atoms with E-state index in [9.17, 15) is 0 Å². The number of hydrogen-bond donors (Lipinski definition) is 1. The predicted octanol–water partition coefficient (Wildman–Crippen LogP) is 2.62. The van der Waals surface area contributed by atoms with Crippen molar-refractivity contribution in [3.63, 3.8) is 0 Å². The van der Waals surface area contributed by atoms with Crippen LogP contribution in [-0.2, 0) is 0 Å². The van der Waals surface area contributed by atoms with Gasteiger partial charge in [-0.2, -0.15) is 0 Å². The Labute approximate surface area is 88.0 Å². The molecule has 0 amide bonds. The summed E-state index contributed by atoms with van der Waals surface area (Å²) in [6, 6.07) is 0.207. The van der Waals surface area contributed by atoms with Crippen molar-refractivity contribution in [3.05, 3.63) is 22.8 Å². The molecule has 1 N–H and O–H groups in total. The van der Waals surface area contributed by atoms with Crippen molar-refractivity contribution in [2.75, 3.05) is 0 Å². The monoisotopic (exact) mass is 242 g/mol. The normalized spacial score (nSPS) is 23.1. The molecule has 0 saturated heterocycles. The van der Waals surface area contributed by atoms with Crippen LogP contribution in [0.15, 0.2) is 27.8 Å². The Morgan fingerprint density at radius 3 is 2.77 bits per heavy atom. The Balaban J connectivity index is 2.53. The molecular weight excluding hydrogens is 228 g/mol. The summed E-state index contributed by atoms with van der Waals surface area (Å²) in [4.78, 5) is 4.43. The zero-order chi connectivity index (χ0) is 9.90. The first-order valence-electron chi connectivity index (χ1n) is 4.33. The molecule has 0 radical (unpaired) electrons. The first-order valence-corrected chi connectivity index (χ1v) is 5.12. The molecule has 1 unspecified atom stereocenters. The van der Waals surface area contributed by atoms with Crippen molar-refractivity contribution in [2.45, 2.75) is 32.4 Å². The molecule has 0 aliphatic carbocycles. The Hall–Kier alpha value is -0.570. The molecule has 0 saturated carbocycles. The minimum Gasteiger partial charge on any atom is -0.368 e. The van der Waals surface area contributed by atoms with Crippen LogP contribution in [0.5, 0.6) is 0 Å². The molecule has 1 aliphatic rings. The van der Waals surface area contributed by atoms with Crippen molar-refractivity contribution < 1.29 is 0 Å². The third kappa shape index (κ3) is 4.27. The van der Waals surface area contributed by atoms with Gasteiger partial charge < -0.3 is 5.32 Å². The quantitative estimate of drug-likeness (QED) is 0.555. The molecule has 0 aromatic rings. The van der Waals surface area contributed by atoms with Crippen molar-refractivity contribution in [1.82, 2.24) is 5.32 Å². The van der Waals surface area contributed by atoms with Gasteiger partial charge in [0.05, 0.1) is 16.2 Å². The van der Waals surface area contributed by atoms with E-state index in [0.717, 1.165) is 4.61 Å². The van der Waals surface area contributed by atoms with E-state index < -0.39 is 0 Å². The number of nitrogens with zero attached hydrogens (tertiary/aromatic N) is 1. The summed E-state index contributed by atoms with van der Waals surface area (Å²) in [5.74, 6) is 0. The number of allylic oxidation sites excluding steroid dienone is 2. The van der Waals surface area contributed by atoms with Crippen molar-refractivity contribution in [2.24, 2.45) is 4.99 Å². The van der Waals surface area contributed by atoms with Gasteiger partial charge in [-0.25, -0.2) is 0 Å². The average molecular weight is 243 g/mol. The third-order valence-corrected chi connectivity index (χ3v) is 1.98. The van der Waals surface area contributed by atoms with E-state index in [1.807, 2.05) is 18.4 Å². The summed E-state index contributed by atoms with van der Waals surface area (Å²) in [6.07, 6.45) is 7.99. The summed E-state index contributed by atoms with van der Waals surface area (Å²) in [5.41, 5.74) is 0.00313. The largest absolute Gasteiger partial charge is 0.368 e. The molecule has 0 aromatic carbocycles. The fourth-order valence-corrected chi connectivity index (χ4v) is 1.32. The van der Waals surface area contributed by atoms with Gasteiger partial charge in [-0.3, -0.25) is 4.99 Å². The number of halogens is 1. The van der Waals surface area contributed by atoms with Gasteiger partial charge in [0, 0.05) is 6.21 Å². The lowest BCUT2D eigenvalue weighted by Gasteiger charge is -2.17. The minimum atomic E-state index is 0.00313. The van der Waals surface area contributed by atoms with E-state index in [0.29, 0.717) is 0 Å². The lowest BCUT2D eigenvalue weighted by Crippen LogP contribution is -2.29. The van der Waals surface area contributed by atoms with Crippen LogP contribution in [0.2, 0.25) is 0 Å². The lowest BCUT2D eigenvalue weighted by molar-refractivity contribution is 0.583. The molecule has 0 aromatic heterocycles. The van der Waals surface area contributed by atoms with Crippen LogP contribution in [-0.4, -0.2) is 17.8 Å². The molecule has 1 rings (SSSR count). The maximum Gasteiger partial charge on any atom is 0.0803 e. The zero-order valence-electron chi connectivity index (χ0n) is 8.21. The maximum absolute atomic E-state index is 4.43. The van der Waals surface area contributed by atoms with E-state index in [1.165, 1.54) is 0 Å². The van der Waals surface area contributed by atoms with E-state index in [-0.39, 0.29) is 11.6 Å².